The van der Waals surface area contributed by atoms with E-state index < -0.39 is 11.0 Å². The summed E-state index contributed by atoms with van der Waals surface area (Å²) < 4.78 is 19.5. The molecule has 2 aromatic carbocycles. The number of halogens is 1. The zero-order valence-electron chi connectivity index (χ0n) is 15.1. The van der Waals surface area contributed by atoms with Crippen molar-refractivity contribution in [1.29, 1.82) is 0 Å². The molecule has 0 spiro atoms. The Kier molecular flexibility index (Phi) is 3.42. The number of hydrogen-bond acceptors (Lipinski definition) is 3. The van der Waals surface area contributed by atoms with Crippen LogP contribution in [-0.4, -0.2) is 15.6 Å². The molecule has 0 bridgehead atoms. The Morgan fingerprint density at radius 3 is 2.48 bits per heavy atom. The Hall–Kier alpha value is -2.07. The van der Waals surface area contributed by atoms with Crippen molar-refractivity contribution < 1.29 is 4.39 Å². The van der Waals surface area contributed by atoms with E-state index in [0.29, 0.717) is 0 Å². The Balaban J connectivity index is 2.07. The van der Waals surface area contributed by atoms with E-state index >= 15 is 0 Å². The van der Waals surface area contributed by atoms with Gasteiger partial charge in [-0.2, -0.15) is 4.37 Å². The molecule has 0 amide bonds. The molecule has 4 rings (SSSR count). The lowest BCUT2D eigenvalue weighted by Crippen LogP contribution is -2.46. The molecule has 2 heterocycles. The normalized spacial score (nSPS) is 18.1. The van der Waals surface area contributed by atoms with Gasteiger partial charge in [-0.3, -0.25) is 4.99 Å². The molecule has 1 aliphatic rings. The highest BCUT2D eigenvalue weighted by molar-refractivity contribution is 7.10. The van der Waals surface area contributed by atoms with Gasteiger partial charge in [-0.05, 0) is 43.9 Å². The zero-order valence-corrected chi connectivity index (χ0v) is 16.0. The van der Waals surface area contributed by atoms with Gasteiger partial charge in [-0.25, -0.2) is 4.39 Å². The maximum absolute atomic E-state index is 14.8. The van der Waals surface area contributed by atoms with Crippen LogP contribution in [0, 0.1) is 12.7 Å². The molecule has 3 aromatic rings. The number of fused-ring (bicyclic) bond motifs is 2. The fourth-order valence-corrected chi connectivity index (χ4v) is 4.52. The topological polar surface area (TPSA) is 25.2 Å². The first-order valence-electron chi connectivity index (χ1n) is 8.48. The van der Waals surface area contributed by atoms with E-state index in [1.54, 1.807) is 12.1 Å². The molecule has 0 atom stereocenters. The van der Waals surface area contributed by atoms with Gasteiger partial charge in [0.2, 0.25) is 0 Å². The molecular formula is C21H21FN2S. The van der Waals surface area contributed by atoms with Crippen molar-refractivity contribution in [3.05, 3.63) is 63.8 Å². The number of aryl methyl sites for hydroxylation is 1. The molecule has 25 heavy (non-hydrogen) atoms. The maximum Gasteiger partial charge on any atom is 0.127 e. The van der Waals surface area contributed by atoms with Gasteiger partial charge in [-0.1, -0.05) is 44.2 Å². The molecule has 0 fully saturated rings. The summed E-state index contributed by atoms with van der Waals surface area (Å²) >= 11 is 1.45. The van der Waals surface area contributed by atoms with Crippen molar-refractivity contribution in [1.82, 2.24) is 4.37 Å². The van der Waals surface area contributed by atoms with Crippen LogP contribution < -0.4 is 0 Å². The second kappa shape index (κ2) is 5.21. The lowest BCUT2D eigenvalue weighted by Gasteiger charge is -2.44. The summed E-state index contributed by atoms with van der Waals surface area (Å²) in [5.74, 6) is -0.159. The van der Waals surface area contributed by atoms with Gasteiger partial charge in [0.05, 0.1) is 21.6 Å². The smallest absolute Gasteiger partial charge is 0.127 e. The minimum atomic E-state index is -0.419. The standard InChI is InChI=1S/C21H21FN2S/c1-12-8-6-10-14-17(12)24-25-19(14)18-13-9-7-11-15(22)16(13)20(2,3)21(4,5)23-18/h6-11H,1-5H3. The highest BCUT2D eigenvalue weighted by Crippen LogP contribution is 2.46. The molecule has 4 heteroatoms. The highest BCUT2D eigenvalue weighted by atomic mass is 32.1. The van der Waals surface area contributed by atoms with Crippen molar-refractivity contribution in [3.8, 4) is 0 Å². The van der Waals surface area contributed by atoms with Crippen LogP contribution in [0.2, 0.25) is 0 Å². The van der Waals surface area contributed by atoms with Crippen LogP contribution in [0.3, 0.4) is 0 Å². The molecule has 0 N–H and O–H groups in total. The van der Waals surface area contributed by atoms with Crippen LogP contribution >= 0.6 is 11.5 Å². The van der Waals surface area contributed by atoms with Crippen LogP contribution in [0.5, 0.6) is 0 Å². The molecule has 0 radical (unpaired) electrons. The number of aliphatic imine (C=N–C) groups is 1. The van der Waals surface area contributed by atoms with Crippen molar-refractivity contribution >= 4 is 28.1 Å². The summed E-state index contributed by atoms with van der Waals surface area (Å²) in [6.07, 6.45) is 0. The third-order valence-corrected chi connectivity index (χ3v) is 6.61. The Morgan fingerprint density at radius 2 is 1.72 bits per heavy atom. The van der Waals surface area contributed by atoms with Gasteiger partial charge < -0.3 is 0 Å². The van der Waals surface area contributed by atoms with Crippen LogP contribution in [0.15, 0.2) is 41.4 Å². The van der Waals surface area contributed by atoms with Crippen LogP contribution in [-0.2, 0) is 5.41 Å². The molecule has 0 aliphatic carbocycles. The quantitative estimate of drug-likeness (QED) is 0.555. The summed E-state index contributed by atoms with van der Waals surface area (Å²) in [4.78, 5) is 6.11. The predicted molar refractivity (Wildman–Crippen MR) is 104 cm³/mol. The van der Waals surface area contributed by atoms with E-state index in [9.17, 15) is 4.39 Å². The fraction of sp³-hybridized carbons (Fsp3) is 0.333. The first-order valence-corrected chi connectivity index (χ1v) is 9.26. The SMILES string of the molecule is Cc1cccc2c(C3=NC(C)(C)C(C)(C)c4c(F)cccc43)snc12. The van der Waals surface area contributed by atoms with E-state index in [0.717, 1.165) is 38.2 Å². The summed E-state index contributed by atoms with van der Waals surface area (Å²) in [5, 5.41) is 1.09. The first-order chi connectivity index (χ1) is 11.7. The van der Waals surface area contributed by atoms with Gasteiger partial charge in [0.25, 0.3) is 0 Å². The molecule has 0 unspecified atom stereocenters. The minimum Gasteiger partial charge on any atom is -0.276 e. The average molecular weight is 352 g/mol. The van der Waals surface area contributed by atoms with E-state index in [1.165, 1.54) is 11.5 Å². The van der Waals surface area contributed by atoms with Gasteiger partial charge in [0, 0.05) is 21.9 Å². The summed E-state index contributed by atoms with van der Waals surface area (Å²) in [6.45, 7) is 10.4. The second-order valence-corrected chi connectivity index (χ2v) is 8.56. The number of hydrogen-bond donors (Lipinski definition) is 0. The molecule has 0 saturated heterocycles. The summed E-state index contributed by atoms with van der Waals surface area (Å²) in [5.41, 5.74) is 3.83. The van der Waals surface area contributed by atoms with Crippen LogP contribution in [0.4, 0.5) is 4.39 Å². The summed E-state index contributed by atoms with van der Waals surface area (Å²) in [6, 6.07) is 11.5. The third kappa shape index (κ3) is 2.20. The number of aromatic nitrogens is 1. The number of rotatable bonds is 1. The van der Waals surface area contributed by atoms with E-state index in [4.69, 9.17) is 4.99 Å². The van der Waals surface area contributed by atoms with Crippen molar-refractivity contribution in [2.24, 2.45) is 4.99 Å². The van der Waals surface area contributed by atoms with Crippen molar-refractivity contribution in [2.45, 2.75) is 45.6 Å². The van der Waals surface area contributed by atoms with Crippen LogP contribution in [0.25, 0.3) is 10.9 Å². The van der Waals surface area contributed by atoms with Crippen molar-refractivity contribution in [3.63, 3.8) is 0 Å². The van der Waals surface area contributed by atoms with Gasteiger partial charge in [0.15, 0.2) is 0 Å². The lowest BCUT2D eigenvalue weighted by atomic mass is 9.66. The first kappa shape index (κ1) is 16.4. The lowest BCUT2D eigenvalue weighted by molar-refractivity contribution is 0.294. The molecule has 128 valence electrons. The second-order valence-electron chi connectivity index (χ2n) is 7.79. The van der Waals surface area contributed by atoms with E-state index in [2.05, 4.69) is 51.1 Å². The number of benzene rings is 2. The fourth-order valence-electron chi connectivity index (χ4n) is 3.59. The monoisotopic (exact) mass is 352 g/mol. The molecule has 1 aliphatic heterocycles. The predicted octanol–water partition coefficient (Wildman–Crippen LogP) is 5.65. The molecule has 2 nitrogen and oxygen atoms in total. The number of nitrogens with zero attached hydrogens (tertiary/aromatic N) is 2. The zero-order chi connectivity index (χ0) is 18.0. The average Bonchev–Trinajstić information content (AvgIpc) is 2.96. The Morgan fingerprint density at radius 1 is 1.00 bits per heavy atom. The van der Waals surface area contributed by atoms with Gasteiger partial charge >= 0.3 is 0 Å². The maximum atomic E-state index is 14.8. The largest absolute Gasteiger partial charge is 0.276 e. The van der Waals surface area contributed by atoms with Gasteiger partial charge in [-0.15, -0.1) is 0 Å². The van der Waals surface area contributed by atoms with E-state index in [-0.39, 0.29) is 5.82 Å². The minimum absolute atomic E-state index is 0.159. The Bertz CT molecular complexity index is 1030. The Labute approximate surface area is 151 Å². The third-order valence-electron chi connectivity index (χ3n) is 5.74. The van der Waals surface area contributed by atoms with Crippen LogP contribution in [0.1, 0.15) is 49.3 Å². The highest BCUT2D eigenvalue weighted by Gasteiger charge is 2.45. The van der Waals surface area contributed by atoms with Crippen molar-refractivity contribution in [2.75, 3.05) is 0 Å². The van der Waals surface area contributed by atoms with Gasteiger partial charge in [0.1, 0.15) is 5.82 Å². The molecule has 0 saturated carbocycles. The molecule has 1 aromatic heterocycles. The van der Waals surface area contributed by atoms with E-state index in [1.807, 2.05) is 12.1 Å². The summed E-state index contributed by atoms with van der Waals surface area (Å²) in [7, 11) is 0. The molecular weight excluding hydrogens is 331 g/mol.